The lowest BCUT2D eigenvalue weighted by molar-refractivity contribution is 0.203. The van der Waals surface area contributed by atoms with Gasteiger partial charge in [-0.2, -0.15) is 0 Å². The van der Waals surface area contributed by atoms with Crippen LogP contribution in [0.1, 0.15) is 47.0 Å². The van der Waals surface area contributed by atoms with Gasteiger partial charge in [-0.1, -0.05) is 27.7 Å². The molecule has 1 heteroatoms. The van der Waals surface area contributed by atoms with Crippen LogP contribution in [0.4, 0.5) is 0 Å². The van der Waals surface area contributed by atoms with E-state index in [4.69, 9.17) is 0 Å². The molecule has 1 aliphatic carbocycles. The van der Waals surface area contributed by atoms with Crippen LogP contribution in [0.25, 0.3) is 0 Å². The summed E-state index contributed by atoms with van der Waals surface area (Å²) >= 11 is 0. The van der Waals surface area contributed by atoms with Gasteiger partial charge in [0.15, 0.2) is 0 Å². The van der Waals surface area contributed by atoms with Crippen molar-refractivity contribution in [3.8, 4) is 0 Å². The average molecular weight is 185 g/mol. The maximum atomic E-state index is 2.49. The van der Waals surface area contributed by atoms with Crippen molar-refractivity contribution in [1.29, 1.82) is 0 Å². The minimum atomic E-state index is 1.06. The van der Waals surface area contributed by atoms with Crippen LogP contribution in [-0.4, -0.2) is 25.0 Å². The Morgan fingerprint density at radius 2 is 1.23 bits per heavy atom. The minimum Gasteiger partial charge on any atom is -0.306 e. The van der Waals surface area contributed by atoms with Crippen molar-refractivity contribution < 1.29 is 0 Å². The summed E-state index contributed by atoms with van der Waals surface area (Å²) in [5.74, 6) is 2.13. The molecular weight excluding hydrogens is 158 g/mol. The first-order valence-corrected chi connectivity index (χ1v) is 6.03. The van der Waals surface area contributed by atoms with Crippen molar-refractivity contribution in [2.24, 2.45) is 11.8 Å². The van der Waals surface area contributed by atoms with Gasteiger partial charge >= 0.3 is 0 Å². The summed E-state index contributed by atoms with van der Waals surface area (Å²) in [6.07, 6.45) is 4.55. The Morgan fingerprint density at radius 3 is 1.62 bits per heavy atom. The number of piperidine rings is 1. The van der Waals surface area contributed by atoms with Crippen molar-refractivity contribution >= 4 is 0 Å². The van der Waals surface area contributed by atoms with E-state index in [0.717, 1.165) is 11.8 Å². The summed E-state index contributed by atoms with van der Waals surface area (Å²) in [5, 5.41) is 0. The molecule has 0 aromatic heterocycles. The van der Waals surface area contributed by atoms with Gasteiger partial charge in [0.05, 0.1) is 0 Å². The molecule has 0 radical (unpaired) electrons. The van der Waals surface area contributed by atoms with Gasteiger partial charge in [-0.05, 0) is 38.1 Å². The molecule has 0 amide bonds. The lowest BCUT2D eigenvalue weighted by Crippen LogP contribution is -2.32. The van der Waals surface area contributed by atoms with Gasteiger partial charge in [0.1, 0.15) is 0 Å². The summed E-state index contributed by atoms with van der Waals surface area (Å²) < 4.78 is 0. The molecule has 2 atom stereocenters. The number of fused-ring (bicyclic) bond motifs is 2. The molecule has 1 aliphatic heterocycles. The summed E-state index contributed by atoms with van der Waals surface area (Å²) in [4.78, 5) is 2.49. The molecule has 1 heterocycles. The molecule has 2 aliphatic rings. The molecule has 2 bridgehead atoms. The second-order valence-electron chi connectivity index (χ2n) is 3.77. The normalized spacial score (nSPS) is 31.2. The zero-order chi connectivity index (χ0) is 10.3. The smallest absolute Gasteiger partial charge is 0.000683 e. The van der Waals surface area contributed by atoms with Gasteiger partial charge in [0.2, 0.25) is 0 Å². The highest BCUT2D eigenvalue weighted by atomic mass is 15.1. The zero-order valence-corrected chi connectivity index (χ0v) is 10.1. The van der Waals surface area contributed by atoms with Crippen LogP contribution in [-0.2, 0) is 0 Å². The summed E-state index contributed by atoms with van der Waals surface area (Å²) in [5.41, 5.74) is 0. The Hall–Kier alpha value is -0.0400. The molecule has 1 saturated heterocycles. The molecule has 1 saturated carbocycles. The van der Waals surface area contributed by atoms with Crippen LogP contribution in [0, 0.1) is 11.8 Å². The lowest BCUT2D eigenvalue weighted by atomic mass is 10.00. The average Bonchev–Trinajstić information content (AvgIpc) is 2.52. The second-order valence-corrected chi connectivity index (χ2v) is 3.77. The summed E-state index contributed by atoms with van der Waals surface area (Å²) in [6.45, 7) is 10.7. The third-order valence-corrected chi connectivity index (χ3v) is 2.79. The van der Waals surface area contributed by atoms with E-state index in [1.165, 1.54) is 32.4 Å². The minimum absolute atomic E-state index is 1.06. The molecule has 2 unspecified atom stereocenters. The van der Waals surface area contributed by atoms with E-state index in [1.54, 1.807) is 0 Å². The maximum Gasteiger partial charge on any atom is 0.000683 e. The maximum absolute atomic E-state index is 2.49. The Morgan fingerprint density at radius 1 is 0.846 bits per heavy atom. The molecule has 1 nitrogen and oxygen atoms in total. The van der Waals surface area contributed by atoms with E-state index in [-0.39, 0.29) is 0 Å². The number of likely N-dealkylation sites (tertiary alicyclic amines) is 1. The molecule has 13 heavy (non-hydrogen) atoms. The van der Waals surface area contributed by atoms with Crippen LogP contribution in [0.2, 0.25) is 0 Å². The van der Waals surface area contributed by atoms with Gasteiger partial charge in [0, 0.05) is 13.1 Å². The SMILES string of the molecule is CC.CC.CN1CC2CCC(C2)C1. The van der Waals surface area contributed by atoms with Crippen LogP contribution < -0.4 is 0 Å². The van der Waals surface area contributed by atoms with Crippen molar-refractivity contribution in [2.75, 3.05) is 20.1 Å². The first kappa shape index (κ1) is 13.0. The standard InChI is InChI=1S/C8H15N.2C2H6/c1-9-5-7-2-3-8(4-7)6-9;2*1-2/h7-8H,2-6H2,1H3;2*1-2H3. The summed E-state index contributed by atoms with van der Waals surface area (Å²) in [6, 6.07) is 0. The largest absolute Gasteiger partial charge is 0.306 e. The van der Waals surface area contributed by atoms with Gasteiger partial charge in [-0.25, -0.2) is 0 Å². The fraction of sp³-hybridized carbons (Fsp3) is 1.00. The van der Waals surface area contributed by atoms with Gasteiger partial charge in [-0.15, -0.1) is 0 Å². The molecule has 0 aromatic carbocycles. The van der Waals surface area contributed by atoms with Gasteiger partial charge in [-0.3, -0.25) is 0 Å². The van der Waals surface area contributed by atoms with E-state index in [9.17, 15) is 0 Å². The Labute approximate surface area is 84.5 Å². The third-order valence-electron chi connectivity index (χ3n) is 2.79. The van der Waals surface area contributed by atoms with Crippen LogP contribution >= 0.6 is 0 Å². The second kappa shape index (κ2) is 7.37. The fourth-order valence-electron chi connectivity index (χ4n) is 2.47. The molecular formula is C12H27N. The first-order chi connectivity index (χ1) is 6.34. The highest BCUT2D eigenvalue weighted by Gasteiger charge is 2.30. The third kappa shape index (κ3) is 4.12. The van der Waals surface area contributed by atoms with Gasteiger partial charge in [0.25, 0.3) is 0 Å². The van der Waals surface area contributed by atoms with Crippen molar-refractivity contribution in [2.45, 2.75) is 47.0 Å². The molecule has 0 aromatic rings. The van der Waals surface area contributed by atoms with E-state index >= 15 is 0 Å². The molecule has 0 N–H and O–H groups in total. The predicted octanol–water partition coefficient (Wildman–Crippen LogP) is 3.40. The van der Waals surface area contributed by atoms with E-state index in [1.807, 2.05) is 27.7 Å². The molecule has 2 rings (SSSR count). The topological polar surface area (TPSA) is 3.24 Å². The van der Waals surface area contributed by atoms with E-state index in [2.05, 4.69) is 11.9 Å². The van der Waals surface area contributed by atoms with Crippen molar-refractivity contribution in [3.63, 3.8) is 0 Å². The number of hydrogen-bond donors (Lipinski definition) is 0. The van der Waals surface area contributed by atoms with Gasteiger partial charge < -0.3 is 4.90 Å². The Balaban J connectivity index is 0.000000322. The monoisotopic (exact) mass is 185 g/mol. The van der Waals surface area contributed by atoms with Crippen LogP contribution in [0.3, 0.4) is 0 Å². The Bertz CT molecular complexity index is 99.7. The van der Waals surface area contributed by atoms with Crippen molar-refractivity contribution in [3.05, 3.63) is 0 Å². The Kier molecular flexibility index (Phi) is 7.35. The van der Waals surface area contributed by atoms with Crippen LogP contribution in [0.5, 0.6) is 0 Å². The highest BCUT2D eigenvalue weighted by Crippen LogP contribution is 2.35. The molecule has 80 valence electrons. The zero-order valence-electron chi connectivity index (χ0n) is 10.1. The van der Waals surface area contributed by atoms with Crippen LogP contribution in [0.15, 0.2) is 0 Å². The highest BCUT2D eigenvalue weighted by molar-refractivity contribution is 4.83. The number of rotatable bonds is 0. The lowest BCUT2D eigenvalue weighted by Gasteiger charge is -2.27. The van der Waals surface area contributed by atoms with E-state index < -0.39 is 0 Å². The van der Waals surface area contributed by atoms with Crippen molar-refractivity contribution in [1.82, 2.24) is 4.90 Å². The molecule has 0 spiro atoms. The molecule has 2 fully saturated rings. The van der Waals surface area contributed by atoms with E-state index in [0.29, 0.717) is 0 Å². The first-order valence-electron chi connectivity index (χ1n) is 6.03. The summed E-state index contributed by atoms with van der Waals surface area (Å²) in [7, 11) is 2.25. The number of nitrogens with zero attached hydrogens (tertiary/aromatic N) is 1. The fourth-order valence-corrected chi connectivity index (χ4v) is 2.47. The predicted molar refractivity (Wildman–Crippen MR) is 61.0 cm³/mol. The quantitative estimate of drug-likeness (QED) is 0.559. The number of hydrogen-bond acceptors (Lipinski definition) is 1.